The van der Waals surface area contributed by atoms with Crippen LogP contribution in [-0.2, 0) is 9.53 Å². The van der Waals surface area contributed by atoms with Gasteiger partial charge in [0.25, 0.3) is 0 Å². The fourth-order valence-corrected chi connectivity index (χ4v) is 0.761. The molecule has 1 aromatic carbocycles. The molecule has 0 saturated heterocycles. The minimum Gasteiger partial charge on any atom is -0.458 e. The van der Waals surface area contributed by atoms with Crippen LogP contribution >= 0.6 is 0 Å². The van der Waals surface area contributed by atoms with Crippen molar-refractivity contribution in [1.82, 2.24) is 0 Å². The van der Waals surface area contributed by atoms with E-state index in [1.807, 2.05) is 18.2 Å². The fourth-order valence-electron chi connectivity index (χ4n) is 0.761. The number of rotatable bonds is 2. The number of esters is 1. The predicted molar refractivity (Wildman–Crippen MR) is 57.5 cm³/mol. The molecule has 0 aliphatic heterocycles. The highest BCUT2D eigenvalue weighted by Gasteiger charge is 1.97. The molecule has 4 nitrogen and oxygen atoms in total. The van der Waals surface area contributed by atoms with Crippen LogP contribution in [0.3, 0.4) is 0 Å². The zero-order valence-electron chi connectivity index (χ0n) is 8.88. The Kier molecular flexibility index (Phi) is 7.54. The molecule has 0 heterocycles. The zero-order chi connectivity index (χ0) is 11.5. The predicted octanol–water partition coefficient (Wildman–Crippen LogP) is 1.85. The molecular weight excluding hydrogens is 192 g/mol. The van der Waals surface area contributed by atoms with Crippen molar-refractivity contribution >= 4 is 12.2 Å². The minimum atomic E-state index is -0.630. The number of carbonyl (C=O) groups excluding carboxylic acids is 1. The first-order valence-corrected chi connectivity index (χ1v) is 4.56. The Hall–Kier alpha value is -1.93. The molecule has 0 radical (unpaired) electrons. The monoisotopic (exact) mass is 206 g/mol. The third kappa shape index (κ3) is 8.40. The van der Waals surface area contributed by atoms with Crippen molar-refractivity contribution in [1.29, 1.82) is 0 Å². The van der Waals surface area contributed by atoms with E-state index in [1.54, 1.807) is 6.92 Å². The van der Waals surface area contributed by atoms with Crippen molar-refractivity contribution in [3.63, 3.8) is 0 Å². The van der Waals surface area contributed by atoms with Crippen LogP contribution in [0.5, 0.6) is 0 Å². The first-order valence-electron chi connectivity index (χ1n) is 4.56. The summed E-state index contributed by atoms with van der Waals surface area (Å²) in [7, 11) is 0. The summed E-state index contributed by atoms with van der Waals surface area (Å²) >= 11 is 0. The minimum absolute atomic E-state index is 0.296. The van der Waals surface area contributed by atoms with Crippen molar-refractivity contribution in [2.75, 3.05) is 6.61 Å². The molecule has 0 aromatic heterocycles. The van der Waals surface area contributed by atoms with Crippen LogP contribution in [0.4, 0.5) is 0 Å². The van der Waals surface area contributed by atoms with Crippen molar-refractivity contribution < 1.29 is 14.3 Å². The normalized spacial score (nSPS) is 7.87. The van der Waals surface area contributed by atoms with E-state index >= 15 is 0 Å². The second-order valence-electron chi connectivity index (χ2n) is 2.65. The van der Waals surface area contributed by atoms with Crippen LogP contribution in [-0.4, -0.2) is 23.6 Å². The lowest BCUT2D eigenvalue weighted by molar-refractivity contribution is -0.138. The van der Waals surface area contributed by atoms with Crippen molar-refractivity contribution in [2.24, 2.45) is 0 Å². The second kappa shape index (κ2) is 8.66. The van der Waals surface area contributed by atoms with E-state index in [0.29, 0.717) is 12.8 Å². The van der Waals surface area contributed by atoms with Crippen LogP contribution in [0.25, 0.3) is 5.53 Å². The highest BCUT2D eigenvalue weighted by molar-refractivity contribution is 6.20. The Labute approximate surface area is 89.1 Å². The van der Waals surface area contributed by atoms with Crippen LogP contribution in [0.2, 0.25) is 0 Å². The van der Waals surface area contributed by atoms with E-state index in [-0.39, 0.29) is 0 Å². The van der Waals surface area contributed by atoms with E-state index in [0.717, 1.165) is 0 Å². The fraction of sp³-hybridized carbons (Fsp3) is 0.273. The second-order valence-corrected chi connectivity index (χ2v) is 2.65. The number of nitrogens with zero attached hydrogens (tertiary/aromatic N) is 2. The molecule has 4 heteroatoms. The summed E-state index contributed by atoms with van der Waals surface area (Å²) in [4.78, 5) is 12.6. The summed E-state index contributed by atoms with van der Waals surface area (Å²) in [6, 6.07) is 10.3. The third-order valence-corrected chi connectivity index (χ3v) is 1.39. The molecule has 0 unspecified atom stereocenters. The number of hydrogen-bond donors (Lipinski definition) is 0. The number of benzene rings is 1. The van der Waals surface area contributed by atoms with Gasteiger partial charge < -0.3 is 10.3 Å². The van der Waals surface area contributed by atoms with Crippen molar-refractivity contribution in [2.45, 2.75) is 13.8 Å². The smallest absolute Gasteiger partial charge is 0.413 e. The van der Waals surface area contributed by atoms with Gasteiger partial charge in [0, 0.05) is 0 Å². The lowest BCUT2D eigenvalue weighted by atomic mass is 10.2. The lowest BCUT2D eigenvalue weighted by Crippen LogP contribution is -2.04. The van der Waals surface area contributed by atoms with Crippen molar-refractivity contribution in [3.8, 4) is 0 Å². The van der Waals surface area contributed by atoms with Gasteiger partial charge in [-0.05, 0) is 13.8 Å². The average Bonchev–Trinajstić information content (AvgIpc) is 2.20. The molecule has 0 bridgehead atoms. The maximum Gasteiger partial charge on any atom is 0.413 e. The summed E-state index contributed by atoms with van der Waals surface area (Å²) in [5.41, 5.74) is 9.05. The van der Waals surface area contributed by atoms with Crippen LogP contribution in [0.1, 0.15) is 12.5 Å². The van der Waals surface area contributed by atoms with Gasteiger partial charge in [-0.1, -0.05) is 35.9 Å². The summed E-state index contributed by atoms with van der Waals surface area (Å²) < 4.78 is 4.33. The van der Waals surface area contributed by atoms with Gasteiger partial charge >= 0.3 is 12.2 Å². The van der Waals surface area contributed by atoms with Gasteiger partial charge in [0.15, 0.2) is 0 Å². The standard InChI is InChI=1S/C7H8.C4H6N2O2/c1-7-5-3-2-4-6-7;1-2-8-4(7)3-6-5/h2-6H,1H3;3H,2H2,1H3. The number of ether oxygens (including phenoxy) is 1. The molecule has 0 amide bonds. The molecule has 1 aromatic rings. The molecular formula is C11H14N2O2. The largest absolute Gasteiger partial charge is 0.458 e. The Morgan fingerprint density at radius 1 is 1.47 bits per heavy atom. The quantitative estimate of drug-likeness (QED) is 0.321. The topological polar surface area (TPSA) is 62.7 Å². The molecule has 80 valence electrons. The Balaban J connectivity index is 0.000000262. The molecule has 0 N–H and O–H groups in total. The van der Waals surface area contributed by atoms with E-state index in [2.05, 4.69) is 28.6 Å². The molecule has 0 spiro atoms. The van der Waals surface area contributed by atoms with Crippen LogP contribution in [0, 0.1) is 6.92 Å². The highest BCUT2D eigenvalue weighted by Crippen LogP contribution is 1.92. The number of aryl methyl sites for hydroxylation is 1. The first kappa shape index (κ1) is 13.1. The molecule has 0 aliphatic rings. The lowest BCUT2D eigenvalue weighted by Gasteiger charge is -1.86. The Morgan fingerprint density at radius 2 is 2.07 bits per heavy atom. The van der Waals surface area contributed by atoms with E-state index in [1.165, 1.54) is 5.56 Å². The third-order valence-electron chi connectivity index (χ3n) is 1.39. The first-order chi connectivity index (χ1) is 7.20. The summed E-state index contributed by atoms with van der Waals surface area (Å²) in [6.07, 6.45) is 0.698. The SMILES string of the molecule is CCOC(=O)C=[N+]=[N-].Cc1ccccc1. The maximum atomic E-state index is 10.1. The molecule has 0 atom stereocenters. The Morgan fingerprint density at radius 3 is 2.40 bits per heavy atom. The van der Waals surface area contributed by atoms with E-state index in [9.17, 15) is 4.79 Å². The Bertz CT molecular complexity index is 330. The van der Waals surface area contributed by atoms with E-state index < -0.39 is 5.97 Å². The van der Waals surface area contributed by atoms with Gasteiger partial charge in [0.1, 0.15) is 0 Å². The van der Waals surface area contributed by atoms with Gasteiger partial charge in [0.2, 0.25) is 0 Å². The van der Waals surface area contributed by atoms with Gasteiger partial charge in [-0.3, -0.25) is 0 Å². The molecule has 1 rings (SSSR count). The summed E-state index contributed by atoms with van der Waals surface area (Å²) in [6.45, 7) is 4.05. The van der Waals surface area contributed by atoms with Gasteiger partial charge in [-0.25, -0.2) is 4.79 Å². The van der Waals surface area contributed by atoms with Gasteiger partial charge in [-0.2, -0.15) is 4.79 Å². The van der Waals surface area contributed by atoms with Crippen LogP contribution < -0.4 is 0 Å². The maximum absolute atomic E-state index is 10.1. The average molecular weight is 206 g/mol. The molecule has 0 saturated carbocycles. The van der Waals surface area contributed by atoms with Crippen LogP contribution in [0.15, 0.2) is 30.3 Å². The highest BCUT2D eigenvalue weighted by atomic mass is 16.5. The molecule has 0 aliphatic carbocycles. The van der Waals surface area contributed by atoms with Crippen molar-refractivity contribution in [3.05, 3.63) is 41.4 Å². The van der Waals surface area contributed by atoms with Gasteiger partial charge in [0.05, 0.1) is 6.61 Å². The molecule has 15 heavy (non-hydrogen) atoms. The zero-order valence-corrected chi connectivity index (χ0v) is 8.88. The van der Waals surface area contributed by atoms with Gasteiger partial charge in [-0.15, -0.1) is 0 Å². The van der Waals surface area contributed by atoms with E-state index in [4.69, 9.17) is 5.53 Å². The number of hydrogen-bond acceptors (Lipinski definition) is 2. The summed E-state index contributed by atoms with van der Waals surface area (Å²) in [5.74, 6) is -0.630. The summed E-state index contributed by atoms with van der Waals surface area (Å²) in [5, 5.41) is 0. The molecule has 0 fully saturated rings. The number of carbonyl (C=O) groups is 1.